The molecule has 0 saturated heterocycles. The molecule has 8 nitrogen and oxygen atoms in total. The van der Waals surface area contributed by atoms with Crippen LogP contribution in [0.25, 0.3) is 0 Å². The summed E-state index contributed by atoms with van der Waals surface area (Å²) >= 11 is 6.60. The fraction of sp³-hybridized carbons (Fsp3) is 0.381. The van der Waals surface area contributed by atoms with Crippen molar-refractivity contribution in [2.24, 2.45) is 0 Å². The summed E-state index contributed by atoms with van der Waals surface area (Å²) in [4.78, 5) is 27.5. The number of methoxy groups -OCH3 is 3. The quantitative estimate of drug-likeness (QED) is 0.444. The summed E-state index contributed by atoms with van der Waals surface area (Å²) in [6, 6.07) is 5.27. The van der Waals surface area contributed by atoms with Gasteiger partial charge in [-0.3, -0.25) is 4.79 Å². The van der Waals surface area contributed by atoms with Crippen LogP contribution >= 0.6 is 23.6 Å². The van der Waals surface area contributed by atoms with Crippen LogP contribution in [0.15, 0.2) is 18.2 Å². The Labute approximate surface area is 191 Å². The maximum absolute atomic E-state index is 12.9. The van der Waals surface area contributed by atoms with Crippen LogP contribution in [0, 0.1) is 6.92 Å². The Morgan fingerprint density at radius 2 is 1.71 bits per heavy atom. The number of rotatable bonds is 8. The number of esters is 1. The maximum Gasteiger partial charge on any atom is 0.341 e. The number of amides is 1. The molecule has 2 N–H and O–H groups in total. The van der Waals surface area contributed by atoms with Crippen molar-refractivity contribution in [3.05, 3.63) is 34.2 Å². The number of thiophene rings is 1. The second kappa shape index (κ2) is 11.0. The smallest absolute Gasteiger partial charge is 0.341 e. The molecule has 0 fully saturated rings. The van der Waals surface area contributed by atoms with Gasteiger partial charge < -0.3 is 29.7 Å². The molecular formula is C21H27N3O5S2. The van der Waals surface area contributed by atoms with Crippen LogP contribution < -0.4 is 20.1 Å². The molecule has 168 valence electrons. The zero-order chi connectivity index (χ0) is 23.1. The summed E-state index contributed by atoms with van der Waals surface area (Å²) < 4.78 is 15.5. The van der Waals surface area contributed by atoms with E-state index in [1.54, 1.807) is 44.2 Å². The molecule has 0 spiro atoms. The van der Waals surface area contributed by atoms with Crippen molar-refractivity contribution in [2.45, 2.75) is 20.8 Å². The Bertz CT molecular complexity index is 970. The number of nitrogens with one attached hydrogen (secondary N) is 2. The summed E-state index contributed by atoms with van der Waals surface area (Å²) in [5.41, 5.74) is 1.52. The minimum absolute atomic E-state index is 0.135. The molecule has 31 heavy (non-hydrogen) atoms. The third-order valence-electron chi connectivity index (χ3n) is 4.65. The van der Waals surface area contributed by atoms with Gasteiger partial charge in [-0.05, 0) is 50.7 Å². The lowest BCUT2D eigenvalue weighted by atomic mass is 10.1. The highest BCUT2D eigenvalue weighted by Crippen LogP contribution is 2.35. The molecule has 1 aromatic carbocycles. The number of hydrogen-bond acceptors (Lipinski definition) is 7. The van der Waals surface area contributed by atoms with Gasteiger partial charge in [0.15, 0.2) is 16.6 Å². The SMILES string of the molecule is CCN(CC)C(=O)c1sc(NC(=S)Nc2ccc(OC)c(OC)c2)c(C(=O)OC)c1C. The molecule has 1 aromatic heterocycles. The van der Waals surface area contributed by atoms with Gasteiger partial charge in [0, 0.05) is 24.8 Å². The van der Waals surface area contributed by atoms with Gasteiger partial charge in [0.1, 0.15) is 5.00 Å². The number of carbonyl (C=O) groups is 2. The first-order valence-electron chi connectivity index (χ1n) is 9.62. The van der Waals surface area contributed by atoms with Crippen LogP contribution in [-0.4, -0.2) is 56.3 Å². The third kappa shape index (κ3) is 5.45. The molecule has 0 bridgehead atoms. The predicted octanol–water partition coefficient (Wildman–Crippen LogP) is 4.15. The molecule has 2 aromatic rings. The average molecular weight is 466 g/mol. The van der Waals surface area contributed by atoms with Crippen molar-refractivity contribution in [1.82, 2.24) is 4.90 Å². The number of carbonyl (C=O) groups excluding carboxylic acids is 2. The van der Waals surface area contributed by atoms with E-state index in [4.69, 9.17) is 26.4 Å². The Kier molecular flexibility index (Phi) is 8.64. The first-order valence-corrected chi connectivity index (χ1v) is 10.8. The molecule has 1 heterocycles. The third-order valence-corrected chi connectivity index (χ3v) is 6.05. The molecule has 0 atom stereocenters. The molecular weight excluding hydrogens is 438 g/mol. The van der Waals surface area contributed by atoms with Crippen LogP contribution in [0.4, 0.5) is 10.7 Å². The standard InChI is InChI=1S/C21H27N3O5S2/c1-7-24(8-2)19(25)17-12(3)16(20(26)29-6)18(31-17)23-21(30)22-13-9-10-14(27-4)15(11-13)28-5/h9-11H,7-8H2,1-6H3,(H2,22,23,30). The van der Waals surface area contributed by atoms with Crippen molar-refractivity contribution < 1.29 is 23.8 Å². The highest BCUT2D eigenvalue weighted by molar-refractivity contribution is 7.80. The van der Waals surface area contributed by atoms with Crippen molar-refractivity contribution in [3.8, 4) is 11.5 Å². The second-order valence-electron chi connectivity index (χ2n) is 6.38. The first kappa shape index (κ1) is 24.4. The van der Waals surface area contributed by atoms with E-state index >= 15 is 0 Å². The second-order valence-corrected chi connectivity index (χ2v) is 7.81. The van der Waals surface area contributed by atoms with E-state index in [9.17, 15) is 9.59 Å². The molecule has 0 aliphatic heterocycles. The van der Waals surface area contributed by atoms with Crippen LogP contribution in [0.3, 0.4) is 0 Å². The van der Waals surface area contributed by atoms with Gasteiger partial charge in [-0.25, -0.2) is 4.79 Å². The molecule has 10 heteroatoms. The molecule has 2 rings (SSSR count). The van der Waals surface area contributed by atoms with Gasteiger partial charge in [0.25, 0.3) is 5.91 Å². The lowest BCUT2D eigenvalue weighted by Gasteiger charge is -2.18. The summed E-state index contributed by atoms with van der Waals surface area (Å²) in [7, 11) is 4.40. The molecule has 0 unspecified atom stereocenters. The van der Waals surface area contributed by atoms with E-state index in [1.165, 1.54) is 18.4 Å². The number of anilines is 2. The average Bonchev–Trinajstić information content (AvgIpc) is 3.09. The van der Waals surface area contributed by atoms with Crippen LogP contribution in [-0.2, 0) is 4.74 Å². The summed E-state index contributed by atoms with van der Waals surface area (Å²) in [6.07, 6.45) is 0. The number of nitrogens with zero attached hydrogens (tertiary/aromatic N) is 1. The predicted molar refractivity (Wildman–Crippen MR) is 127 cm³/mol. The minimum atomic E-state index is -0.538. The van der Waals surface area contributed by atoms with Gasteiger partial charge >= 0.3 is 5.97 Å². The Balaban J connectivity index is 2.33. The van der Waals surface area contributed by atoms with Crippen molar-refractivity contribution >= 4 is 51.2 Å². The Morgan fingerprint density at radius 1 is 1.06 bits per heavy atom. The van der Waals surface area contributed by atoms with Crippen LogP contribution in [0.2, 0.25) is 0 Å². The van der Waals surface area contributed by atoms with E-state index < -0.39 is 5.97 Å². The van der Waals surface area contributed by atoms with Crippen molar-refractivity contribution in [1.29, 1.82) is 0 Å². The fourth-order valence-corrected chi connectivity index (χ4v) is 4.44. The van der Waals surface area contributed by atoms with E-state index in [-0.39, 0.29) is 11.0 Å². The van der Waals surface area contributed by atoms with Crippen molar-refractivity contribution in [3.63, 3.8) is 0 Å². The normalized spacial score (nSPS) is 10.3. The highest BCUT2D eigenvalue weighted by atomic mass is 32.1. The van der Waals surface area contributed by atoms with Gasteiger partial charge in [-0.15, -0.1) is 11.3 Å². The molecule has 0 aliphatic carbocycles. The zero-order valence-electron chi connectivity index (χ0n) is 18.5. The highest BCUT2D eigenvalue weighted by Gasteiger charge is 2.27. The topological polar surface area (TPSA) is 89.1 Å². The lowest BCUT2D eigenvalue weighted by molar-refractivity contribution is 0.0601. The first-order chi connectivity index (χ1) is 14.8. The number of ether oxygens (including phenoxy) is 3. The summed E-state index contributed by atoms with van der Waals surface area (Å²) in [5.74, 6) is 0.464. The Hall–Kier alpha value is -2.85. The zero-order valence-corrected chi connectivity index (χ0v) is 20.1. The minimum Gasteiger partial charge on any atom is -0.493 e. The van der Waals surface area contributed by atoms with Crippen molar-refractivity contribution in [2.75, 3.05) is 45.1 Å². The van der Waals surface area contributed by atoms with Gasteiger partial charge in [0.05, 0.1) is 31.8 Å². The van der Waals surface area contributed by atoms with E-state index in [0.29, 0.717) is 51.3 Å². The number of benzene rings is 1. The number of thiocarbonyl (C=S) groups is 1. The lowest BCUT2D eigenvalue weighted by Crippen LogP contribution is -2.30. The largest absolute Gasteiger partial charge is 0.493 e. The fourth-order valence-electron chi connectivity index (χ4n) is 2.99. The van der Waals surface area contributed by atoms with Gasteiger partial charge in [0.2, 0.25) is 0 Å². The summed E-state index contributed by atoms with van der Waals surface area (Å²) in [6.45, 7) is 6.69. The molecule has 1 amide bonds. The Morgan fingerprint density at radius 3 is 2.26 bits per heavy atom. The van der Waals surface area contributed by atoms with E-state index in [2.05, 4.69) is 10.6 Å². The maximum atomic E-state index is 12.9. The van der Waals surface area contributed by atoms with Gasteiger partial charge in [-0.2, -0.15) is 0 Å². The monoisotopic (exact) mass is 465 g/mol. The van der Waals surface area contributed by atoms with Crippen LogP contribution in [0.5, 0.6) is 11.5 Å². The van der Waals surface area contributed by atoms with E-state index in [1.807, 2.05) is 13.8 Å². The van der Waals surface area contributed by atoms with Gasteiger partial charge in [-0.1, -0.05) is 0 Å². The summed E-state index contributed by atoms with van der Waals surface area (Å²) in [5, 5.41) is 6.77. The molecule has 0 aliphatic rings. The van der Waals surface area contributed by atoms with E-state index in [0.717, 1.165) is 0 Å². The molecule has 0 saturated carbocycles. The number of hydrogen-bond donors (Lipinski definition) is 2. The van der Waals surface area contributed by atoms with Crippen LogP contribution in [0.1, 0.15) is 39.4 Å². The molecule has 0 radical (unpaired) electrons.